The van der Waals surface area contributed by atoms with E-state index in [1.165, 1.54) is 58.5 Å². The van der Waals surface area contributed by atoms with Gasteiger partial charge in [-0.15, -0.1) is 0 Å². The van der Waals surface area contributed by atoms with E-state index in [0.717, 1.165) is 12.8 Å². The lowest BCUT2D eigenvalue weighted by atomic mass is 9.99. The minimum Gasteiger partial charge on any atom is -0.388 e. The Morgan fingerprint density at radius 3 is 1.92 bits per heavy atom. The molecule has 0 aromatic heterocycles. The van der Waals surface area contributed by atoms with Gasteiger partial charge in [-0.2, -0.15) is 0 Å². The second kappa shape index (κ2) is 13.1. The van der Waals surface area contributed by atoms with Gasteiger partial charge in [0.2, 0.25) is 0 Å². The first-order valence-electron chi connectivity index (χ1n) is 9.77. The molecule has 0 bridgehead atoms. The SMILES string of the molecule is CCCCCCCCCCCCOC1[C@@H](O)C(C)O[C@@H](OC)[C@H]1O. The van der Waals surface area contributed by atoms with Gasteiger partial charge in [-0.05, 0) is 13.3 Å². The number of aliphatic hydroxyl groups is 2. The van der Waals surface area contributed by atoms with Gasteiger partial charge in [-0.1, -0.05) is 64.7 Å². The highest BCUT2D eigenvalue weighted by Crippen LogP contribution is 2.24. The molecule has 0 aromatic carbocycles. The van der Waals surface area contributed by atoms with Crippen LogP contribution in [0.4, 0.5) is 0 Å². The Morgan fingerprint density at radius 1 is 0.833 bits per heavy atom. The third kappa shape index (κ3) is 7.79. The summed E-state index contributed by atoms with van der Waals surface area (Å²) in [6, 6.07) is 0. The van der Waals surface area contributed by atoms with Crippen LogP contribution in [0, 0.1) is 0 Å². The fourth-order valence-corrected chi connectivity index (χ4v) is 3.20. The Hall–Kier alpha value is -0.200. The Bertz CT molecular complexity index is 299. The zero-order valence-corrected chi connectivity index (χ0v) is 15.8. The number of methoxy groups -OCH3 is 1. The Balaban J connectivity index is 2.05. The van der Waals surface area contributed by atoms with Crippen LogP contribution < -0.4 is 0 Å². The maximum atomic E-state index is 10.1. The van der Waals surface area contributed by atoms with Crippen LogP contribution in [-0.4, -0.2) is 54.6 Å². The molecule has 1 aliphatic heterocycles. The van der Waals surface area contributed by atoms with Crippen molar-refractivity contribution >= 4 is 0 Å². The third-order valence-corrected chi connectivity index (χ3v) is 4.82. The molecule has 5 atom stereocenters. The zero-order chi connectivity index (χ0) is 17.8. The third-order valence-electron chi connectivity index (χ3n) is 4.82. The molecular formula is C19H38O5. The lowest BCUT2D eigenvalue weighted by Gasteiger charge is -2.40. The minimum atomic E-state index is -0.954. The maximum absolute atomic E-state index is 10.1. The first-order chi connectivity index (χ1) is 11.6. The van der Waals surface area contributed by atoms with Gasteiger partial charge in [0.25, 0.3) is 0 Å². The van der Waals surface area contributed by atoms with Crippen LogP contribution in [0.3, 0.4) is 0 Å². The smallest absolute Gasteiger partial charge is 0.186 e. The minimum absolute atomic E-state index is 0.406. The Labute approximate surface area is 147 Å². The number of hydrogen-bond donors (Lipinski definition) is 2. The molecule has 24 heavy (non-hydrogen) atoms. The molecular weight excluding hydrogens is 308 g/mol. The molecule has 0 amide bonds. The van der Waals surface area contributed by atoms with Crippen LogP contribution in [0.25, 0.3) is 0 Å². The van der Waals surface area contributed by atoms with Gasteiger partial charge in [0.05, 0.1) is 6.10 Å². The largest absolute Gasteiger partial charge is 0.388 e. The first-order valence-corrected chi connectivity index (χ1v) is 9.77. The summed E-state index contributed by atoms with van der Waals surface area (Å²) in [5.41, 5.74) is 0. The predicted octanol–water partition coefficient (Wildman–Crippen LogP) is 3.41. The van der Waals surface area contributed by atoms with Gasteiger partial charge in [0.1, 0.15) is 18.3 Å². The summed E-state index contributed by atoms with van der Waals surface area (Å²) in [6.07, 6.45) is 9.15. The van der Waals surface area contributed by atoms with Gasteiger partial charge in [0, 0.05) is 13.7 Å². The van der Waals surface area contributed by atoms with Crippen molar-refractivity contribution in [3.05, 3.63) is 0 Å². The lowest BCUT2D eigenvalue weighted by Crippen LogP contribution is -2.58. The highest BCUT2D eigenvalue weighted by Gasteiger charge is 2.43. The van der Waals surface area contributed by atoms with Crippen LogP contribution in [0.2, 0.25) is 0 Å². The van der Waals surface area contributed by atoms with E-state index >= 15 is 0 Å². The van der Waals surface area contributed by atoms with Gasteiger partial charge in [0.15, 0.2) is 6.29 Å². The van der Waals surface area contributed by atoms with E-state index in [2.05, 4.69) is 6.92 Å². The molecule has 144 valence electrons. The van der Waals surface area contributed by atoms with Crippen LogP contribution in [0.5, 0.6) is 0 Å². The molecule has 2 N–H and O–H groups in total. The maximum Gasteiger partial charge on any atom is 0.186 e. The highest BCUT2D eigenvalue weighted by molar-refractivity contribution is 4.88. The van der Waals surface area contributed by atoms with E-state index in [1.807, 2.05) is 0 Å². The summed E-state index contributed by atoms with van der Waals surface area (Å²) in [5.74, 6) is 0. The molecule has 5 nitrogen and oxygen atoms in total. The van der Waals surface area contributed by atoms with Crippen LogP contribution in [0.1, 0.15) is 78.1 Å². The summed E-state index contributed by atoms with van der Waals surface area (Å²) >= 11 is 0. The second-order valence-electron chi connectivity index (χ2n) is 6.94. The standard InChI is InChI=1S/C19H38O5/c1-4-5-6-7-8-9-10-11-12-13-14-23-18-16(20)15(2)24-19(22-3)17(18)21/h15-21H,4-14H2,1-3H3/t15?,16-,17-,18?,19+/m0/s1. The van der Waals surface area contributed by atoms with Crippen molar-refractivity contribution in [1.82, 2.24) is 0 Å². The van der Waals surface area contributed by atoms with Crippen LogP contribution in [-0.2, 0) is 14.2 Å². The van der Waals surface area contributed by atoms with Crippen molar-refractivity contribution in [2.45, 2.75) is 109 Å². The van der Waals surface area contributed by atoms with Crippen molar-refractivity contribution < 1.29 is 24.4 Å². The number of rotatable bonds is 13. The van der Waals surface area contributed by atoms with Crippen LogP contribution >= 0.6 is 0 Å². The van der Waals surface area contributed by atoms with E-state index in [0.29, 0.717) is 6.61 Å². The monoisotopic (exact) mass is 346 g/mol. The topological polar surface area (TPSA) is 68.2 Å². The molecule has 5 heteroatoms. The highest BCUT2D eigenvalue weighted by atomic mass is 16.7. The van der Waals surface area contributed by atoms with Crippen LogP contribution in [0.15, 0.2) is 0 Å². The molecule has 0 saturated carbocycles. The van der Waals surface area contributed by atoms with Crippen molar-refractivity contribution in [3.63, 3.8) is 0 Å². The summed E-state index contributed by atoms with van der Waals surface area (Å²) in [7, 11) is 1.48. The average Bonchev–Trinajstić information content (AvgIpc) is 2.58. The molecule has 1 aliphatic rings. The Morgan fingerprint density at radius 2 is 1.38 bits per heavy atom. The van der Waals surface area contributed by atoms with Crippen molar-refractivity contribution in [2.75, 3.05) is 13.7 Å². The average molecular weight is 347 g/mol. The molecule has 0 aliphatic carbocycles. The molecule has 0 aromatic rings. The quantitative estimate of drug-likeness (QED) is 0.500. The molecule has 0 radical (unpaired) electrons. The molecule has 2 unspecified atom stereocenters. The van der Waals surface area contributed by atoms with Crippen molar-refractivity contribution in [1.29, 1.82) is 0 Å². The van der Waals surface area contributed by atoms with Gasteiger partial charge in [-0.25, -0.2) is 0 Å². The number of ether oxygens (including phenoxy) is 3. The van der Waals surface area contributed by atoms with E-state index in [4.69, 9.17) is 14.2 Å². The van der Waals surface area contributed by atoms with E-state index in [-0.39, 0.29) is 0 Å². The number of unbranched alkanes of at least 4 members (excludes halogenated alkanes) is 9. The van der Waals surface area contributed by atoms with Gasteiger partial charge >= 0.3 is 0 Å². The molecule has 1 saturated heterocycles. The van der Waals surface area contributed by atoms with E-state index in [1.54, 1.807) is 6.92 Å². The molecule has 1 heterocycles. The molecule has 1 rings (SSSR count). The lowest BCUT2D eigenvalue weighted by molar-refractivity contribution is -0.293. The first kappa shape index (κ1) is 21.8. The summed E-state index contributed by atoms with van der Waals surface area (Å²) in [4.78, 5) is 0. The summed E-state index contributed by atoms with van der Waals surface area (Å²) in [5, 5.41) is 20.3. The number of hydrogen-bond acceptors (Lipinski definition) is 5. The van der Waals surface area contributed by atoms with Crippen molar-refractivity contribution in [3.8, 4) is 0 Å². The summed E-state index contributed by atoms with van der Waals surface area (Å²) < 4.78 is 16.2. The fourth-order valence-electron chi connectivity index (χ4n) is 3.20. The predicted molar refractivity (Wildman–Crippen MR) is 94.9 cm³/mol. The van der Waals surface area contributed by atoms with E-state index < -0.39 is 30.7 Å². The van der Waals surface area contributed by atoms with Crippen molar-refractivity contribution in [2.24, 2.45) is 0 Å². The summed E-state index contributed by atoms with van der Waals surface area (Å²) in [6.45, 7) is 4.56. The van der Waals surface area contributed by atoms with Gasteiger partial charge < -0.3 is 24.4 Å². The van der Waals surface area contributed by atoms with E-state index in [9.17, 15) is 10.2 Å². The number of aliphatic hydroxyl groups excluding tert-OH is 2. The van der Waals surface area contributed by atoms with Gasteiger partial charge in [-0.3, -0.25) is 0 Å². The zero-order valence-electron chi connectivity index (χ0n) is 15.8. The second-order valence-corrected chi connectivity index (χ2v) is 6.94. The fraction of sp³-hybridized carbons (Fsp3) is 1.00. The molecule has 0 spiro atoms. The normalized spacial score (nSPS) is 30.6. The Kier molecular flexibility index (Phi) is 11.9. The molecule has 1 fully saturated rings.